The number of aliphatic hydroxyl groups is 1. The van der Waals surface area contributed by atoms with Crippen molar-refractivity contribution >= 4 is 5.78 Å². The Morgan fingerprint density at radius 3 is 2.55 bits per heavy atom. The SMILES string of the molecule is CC1(C)C(=O)C(C#N)C[C@]2(C)C3=CCC[C@@H](O)[C@]3(C)CC[C@@H]12. The molecule has 0 spiro atoms. The van der Waals surface area contributed by atoms with E-state index in [0.29, 0.717) is 6.42 Å². The van der Waals surface area contributed by atoms with Crippen molar-refractivity contribution in [1.82, 2.24) is 0 Å². The largest absolute Gasteiger partial charge is 0.392 e. The van der Waals surface area contributed by atoms with E-state index in [1.54, 1.807) is 0 Å². The van der Waals surface area contributed by atoms with Crippen LogP contribution in [0, 0.1) is 39.4 Å². The van der Waals surface area contributed by atoms with Crippen molar-refractivity contribution in [2.24, 2.45) is 28.1 Å². The molecule has 0 aromatic rings. The van der Waals surface area contributed by atoms with Crippen LogP contribution in [0.1, 0.15) is 59.8 Å². The minimum atomic E-state index is -0.515. The molecule has 0 heterocycles. The fourth-order valence-corrected chi connectivity index (χ4v) is 5.91. The summed E-state index contributed by atoms with van der Waals surface area (Å²) in [5.74, 6) is -0.140. The number of ketones is 1. The van der Waals surface area contributed by atoms with Gasteiger partial charge in [0.05, 0.1) is 12.2 Å². The molecule has 3 aliphatic carbocycles. The Labute approximate surface area is 133 Å². The van der Waals surface area contributed by atoms with E-state index in [9.17, 15) is 15.2 Å². The van der Waals surface area contributed by atoms with E-state index in [1.807, 2.05) is 13.8 Å². The lowest BCUT2D eigenvalue weighted by Crippen LogP contribution is -2.58. The molecule has 3 heteroatoms. The van der Waals surface area contributed by atoms with E-state index in [4.69, 9.17) is 0 Å². The average molecular weight is 301 g/mol. The Bertz CT molecular complexity index is 585. The van der Waals surface area contributed by atoms with E-state index >= 15 is 0 Å². The second-order valence-electron chi connectivity index (χ2n) is 8.61. The first-order valence-corrected chi connectivity index (χ1v) is 8.51. The smallest absolute Gasteiger partial charge is 0.155 e. The summed E-state index contributed by atoms with van der Waals surface area (Å²) in [6, 6.07) is 2.25. The Balaban J connectivity index is 2.13. The van der Waals surface area contributed by atoms with Crippen molar-refractivity contribution in [1.29, 1.82) is 5.26 Å². The number of nitrogens with zero attached hydrogens (tertiary/aromatic N) is 1. The fraction of sp³-hybridized carbons (Fsp3) is 0.789. The third-order valence-electron chi connectivity index (χ3n) is 7.08. The molecule has 1 N–H and O–H groups in total. The van der Waals surface area contributed by atoms with E-state index < -0.39 is 11.3 Å². The van der Waals surface area contributed by atoms with Crippen LogP contribution in [0.25, 0.3) is 0 Å². The quantitative estimate of drug-likeness (QED) is 0.695. The minimum Gasteiger partial charge on any atom is -0.392 e. The first-order valence-electron chi connectivity index (χ1n) is 8.51. The molecule has 120 valence electrons. The molecule has 1 unspecified atom stereocenters. The van der Waals surface area contributed by atoms with Crippen molar-refractivity contribution < 1.29 is 9.90 Å². The number of fused-ring (bicyclic) bond motifs is 3. The second-order valence-corrected chi connectivity index (χ2v) is 8.61. The molecule has 0 aromatic carbocycles. The summed E-state index contributed by atoms with van der Waals surface area (Å²) < 4.78 is 0. The summed E-state index contributed by atoms with van der Waals surface area (Å²) in [4.78, 5) is 12.7. The predicted molar refractivity (Wildman–Crippen MR) is 84.8 cm³/mol. The van der Waals surface area contributed by atoms with Crippen LogP contribution in [0.2, 0.25) is 0 Å². The van der Waals surface area contributed by atoms with E-state index in [2.05, 4.69) is 26.0 Å². The Hall–Kier alpha value is -1.14. The maximum Gasteiger partial charge on any atom is 0.155 e. The van der Waals surface area contributed by atoms with Gasteiger partial charge >= 0.3 is 0 Å². The summed E-state index contributed by atoms with van der Waals surface area (Å²) >= 11 is 0. The standard InChI is InChI=1S/C19H27NO2/c1-17(2)13-8-9-18(3)14(6-5-7-15(18)21)19(13,4)10-12(11-20)16(17)22/h6,12-13,15,21H,5,7-10H2,1-4H3/t12?,13-,15+,18+,19-/m0/s1. The van der Waals surface area contributed by atoms with Crippen molar-refractivity contribution in [3.05, 3.63) is 11.6 Å². The monoisotopic (exact) mass is 301 g/mol. The molecule has 0 bridgehead atoms. The molecular weight excluding hydrogens is 274 g/mol. The van der Waals surface area contributed by atoms with Crippen molar-refractivity contribution in [2.45, 2.75) is 65.9 Å². The normalized spacial score (nSPS) is 47.0. The van der Waals surface area contributed by atoms with E-state index in [-0.39, 0.29) is 28.6 Å². The summed E-state index contributed by atoms with van der Waals surface area (Å²) in [6.45, 7) is 8.45. The van der Waals surface area contributed by atoms with Crippen LogP contribution in [-0.2, 0) is 4.79 Å². The highest BCUT2D eigenvalue weighted by Crippen LogP contribution is 2.65. The number of Topliss-reactive ketones (excluding diaryl/α,β-unsaturated/α-hetero) is 1. The number of carbonyl (C=O) groups is 1. The lowest BCUT2D eigenvalue weighted by Gasteiger charge is -2.61. The molecule has 0 saturated heterocycles. The molecular formula is C19H27NO2. The zero-order valence-electron chi connectivity index (χ0n) is 14.1. The van der Waals surface area contributed by atoms with Crippen LogP contribution >= 0.6 is 0 Å². The summed E-state index contributed by atoms with van der Waals surface area (Å²) in [6.07, 6.45) is 6.24. The summed E-state index contributed by atoms with van der Waals surface area (Å²) in [5, 5.41) is 20.1. The van der Waals surface area contributed by atoms with Crippen LogP contribution in [0.3, 0.4) is 0 Å². The van der Waals surface area contributed by atoms with Gasteiger partial charge in [0.25, 0.3) is 0 Å². The molecule has 0 aromatic heterocycles. The van der Waals surface area contributed by atoms with Crippen molar-refractivity contribution in [3.63, 3.8) is 0 Å². The Morgan fingerprint density at radius 2 is 1.91 bits per heavy atom. The second kappa shape index (κ2) is 4.68. The van der Waals surface area contributed by atoms with Crippen LogP contribution in [0.15, 0.2) is 11.6 Å². The molecule has 2 saturated carbocycles. The van der Waals surface area contributed by atoms with Gasteiger partial charge in [-0.05, 0) is 43.4 Å². The third kappa shape index (κ3) is 1.80. The number of rotatable bonds is 0. The van der Waals surface area contributed by atoms with Gasteiger partial charge in [-0.3, -0.25) is 4.79 Å². The van der Waals surface area contributed by atoms with Gasteiger partial charge in [-0.2, -0.15) is 5.26 Å². The van der Waals surface area contributed by atoms with Gasteiger partial charge in [0.1, 0.15) is 5.92 Å². The highest BCUT2D eigenvalue weighted by Gasteiger charge is 2.62. The maximum absolute atomic E-state index is 12.7. The first-order chi connectivity index (χ1) is 10.2. The Kier molecular flexibility index (Phi) is 3.35. The molecule has 0 aliphatic heterocycles. The van der Waals surface area contributed by atoms with Crippen LogP contribution in [0.4, 0.5) is 0 Å². The molecule has 2 fully saturated rings. The number of allylic oxidation sites excluding steroid dienone is 1. The molecule has 0 amide bonds. The lowest BCUT2D eigenvalue weighted by molar-refractivity contribution is -0.147. The molecule has 0 radical (unpaired) electrons. The highest BCUT2D eigenvalue weighted by atomic mass is 16.3. The number of hydrogen-bond acceptors (Lipinski definition) is 3. The molecule has 3 aliphatic rings. The third-order valence-corrected chi connectivity index (χ3v) is 7.08. The molecule has 22 heavy (non-hydrogen) atoms. The minimum absolute atomic E-state index is 0.109. The zero-order valence-corrected chi connectivity index (χ0v) is 14.1. The summed E-state index contributed by atoms with van der Waals surface area (Å²) in [5.41, 5.74) is 0.528. The van der Waals surface area contributed by atoms with E-state index in [0.717, 1.165) is 25.7 Å². The van der Waals surface area contributed by atoms with Crippen LogP contribution in [0.5, 0.6) is 0 Å². The van der Waals surface area contributed by atoms with Gasteiger partial charge in [0.15, 0.2) is 5.78 Å². The lowest BCUT2D eigenvalue weighted by atomic mass is 9.42. The van der Waals surface area contributed by atoms with E-state index in [1.165, 1.54) is 5.57 Å². The van der Waals surface area contributed by atoms with Crippen LogP contribution < -0.4 is 0 Å². The topological polar surface area (TPSA) is 61.1 Å². The number of carbonyl (C=O) groups excluding carboxylic acids is 1. The van der Waals surface area contributed by atoms with Gasteiger partial charge in [-0.1, -0.05) is 39.3 Å². The van der Waals surface area contributed by atoms with Crippen LogP contribution in [-0.4, -0.2) is 17.0 Å². The van der Waals surface area contributed by atoms with Gasteiger partial charge in [-0.25, -0.2) is 0 Å². The van der Waals surface area contributed by atoms with Gasteiger partial charge in [0.2, 0.25) is 0 Å². The number of aliphatic hydroxyl groups excluding tert-OH is 1. The molecule has 5 atom stereocenters. The summed E-state index contributed by atoms with van der Waals surface area (Å²) in [7, 11) is 0. The number of nitriles is 1. The van der Waals surface area contributed by atoms with Gasteiger partial charge < -0.3 is 5.11 Å². The van der Waals surface area contributed by atoms with Crippen molar-refractivity contribution in [2.75, 3.05) is 0 Å². The Morgan fingerprint density at radius 1 is 1.23 bits per heavy atom. The zero-order chi connectivity index (χ0) is 16.3. The molecule has 3 nitrogen and oxygen atoms in total. The number of hydrogen-bond donors (Lipinski definition) is 1. The highest BCUT2D eigenvalue weighted by molar-refractivity contribution is 5.90. The first kappa shape index (κ1) is 15.7. The molecule has 3 rings (SSSR count). The van der Waals surface area contributed by atoms with Gasteiger partial charge in [-0.15, -0.1) is 0 Å². The fourth-order valence-electron chi connectivity index (χ4n) is 5.91. The average Bonchev–Trinajstić information content (AvgIpc) is 2.45. The van der Waals surface area contributed by atoms with Gasteiger partial charge in [0, 0.05) is 10.8 Å². The predicted octanol–water partition coefficient (Wildman–Crippen LogP) is 3.63. The van der Waals surface area contributed by atoms with Crippen molar-refractivity contribution in [3.8, 4) is 6.07 Å². The maximum atomic E-state index is 12.7.